The smallest absolute Gasteiger partial charge is 0.141 e. The molecule has 4 aromatic rings. The summed E-state index contributed by atoms with van der Waals surface area (Å²) in [5.74, 6) is 1.01. The number of nitrogens with one attached hydrogen (secondary N) is 1. The van der Waals surface area contributed by atoms with E-state index in [4.69, 9.17) is 26.1 Å². The fraction of sp³-hybridized carbons (Fsp3) is 0.269. The van der Waals surface area contributed by atoms with Gasteiger partial charge in [0.15, 0.2) is 0 Å². The number of nitrogens with zero attached hydrogens (tertiary/aromatic N) is 3. The van der Waals surface area contributed by atoms with Crippen LogP contribution in [-0.2, 0) is 6.54 Å². The summed E-state index contributed by atoms with van der Waals surface area (Å²) < 4.78 is 26.0. The standard InChI is InChI=1S/C26H26ClFN4O2/c1-33-24-13-25(34-2)22(27)12-21(24)23-16-32-10-8-20(11-26(32)30-23)31-9-7-19(15-31)29-14-17-3-5-18(28)6-4-17/h3-6,8,10-13,16,19,29H,7,9,14-15H2,1-2H3/t19-/m0/s1. The summed E-state index contributed by atoms with van der Waals surface area (Å²) in [6.45, 7) is 2.60. The van der Waals surface area contributed by atoms with Crippen molar-refractivity contribution in [2.24, 2.45) is 0 Å². The van der Waals surface area contributed by atoms with Gasteiger partial charge in [-0.05, 0) is 36.2 Å². The molecule has 2 aromatic heterocycles. The Hall–Kier alpha value is -3.29. The lowest BCUT2D eigenvalue weighted by Gasteiger charge is -2.19. The topological polar surface area (TPSA) is 51.0 Å². The van der Waals surface area contributed by atoms with Crippen molar-refractivity contribution in [2.45, 2.75) is 19.0 Å². The number of hydrogen-bond acceptors (Lipinski definition) is 5. The molecule has 1 N–H and O–H groups in total. The number of pyridine rings is 1. The van der Waals surface area contributed by atoms with Crippen LogP contribution in [0.1, 0.15) is 12.0 Å². The number of ether oxygens (including phenoxy) is 2. The highest BCUT2D eigenvalue weighted by Crippen LogP contribution is 2.38. The third-order valence-electron chi connectivity index (χ3n) is 6.26. The van der Waals surface area contributed by atoms with Crippen LogP contribution < -0.4 is 19.7 Å². The number of imidazole rings is 1. The van der Waals surface area contributed by atoms with Crippen LogP contribution in [-0.4, -0.2) is 42.7 Å². The molecule has 0 unspecified atom stereocenters. The molecule has 1 atom stereocenters. The number of rotatable bonds is 7. The highest BCUT2D eigenvalue weighted by molar-refractivity contribution is 6.32. The minimum Gasteiger partial charge on any atom is -0.496 e. The third-order valence-corrected chi connectivity index (χ3v) is 6.55. The summed E-state index contributed by atoms with van der Waals surface area (Å²) in [7, 11) is 3.20. The molecule has 8 heteroatoms. The van der Waals surface area contributed by atoms with Crippen LogP contribution in [0, 0.1) is 5.82 Å². The zero-order valence-corrected chi connectivity index (χ0v) is 19.8. The van der Waals surface area contributed by atoms with E-state index in [1.807, 2.05) is 35.0 Å². The molecule has 0 amide bonds. The Balaban J connectivity index is 1.32. The first-order valence-corrected chi connectivity index (χ1v) is 11.6. The molecule has 0 radical (unpaired) electrons. The summed E-state index contributed by atoms with van der Waals surface area (Å²) in [6.07, 6.45) is 5.04. The third kappa shape index (κ3) is 4.54. The SMILES string of the molecule is COc1cc(OC)c(-c2cn3ccc(N4CC[C@H](NCc5ccc(F)cc5)C4)cc3n2)cc1Cl. The average Bonchev–Trinajstić information content (AvgIpc) is 3.50. The fourth-order valence-electron chi connectivity index (χ4n) is 4.38. The molecule has 5 rings (SSSR count). The predicted octanol–water partition coefficient (Wildman–Crippen LogP) is 5.18. The summed E-state index contributed by atoms with van der Waals surface area (Å²) >= 11 is 6.36. The Morgan fingerprint density at radius 2 is 1.88 bits per heavy atom. The van der Waals surface area contributed by atoms with Crippen molar-refractivity contribution in [3.8, 4) is 22.8 Å². The zero-order chi connectivity index (χ0) is 23.7. The lowest BCUT2D eigenvalue weighted by atomic mass is 10.1. The molecule has 1 aliphatic rings. The number of benzene rings is 2. The summed E-state index contributed by atoms with van der Waals surface area (Å²) in [4.78, 5) is 7.20. The number of fused-ring (bicyclic) bond motifs is 1. The molecule has 0 aliphatic carbocycles. The van der Waals surface area contributed by atoms with Crippen molar-refractivity contribution in [1.82, 2.24) is 14.7 Å². The minimum atomic E-state index is -0.207. The van der Waals surface area contributed by atoms with Crippen LogP contribution in [0.25, 0.3) is 16.9 Å². The van der Waals surface area contributed by atoms with Crippen LogP contribution in [0.3, 0.4) is 0 Å². The minimum absolute atomic E-state index is 0.207. The Kier molecular flexibility index (Phi) is 6.30. The Bertz CT molecular complexity index is 1310. The first-order valence-electron chi connectivity index (χ1n) is 11.2. The monoisotopic (exact) mass is 480 g/mol. The van der Waals surface area contributed by atoms with Crippen molar-refractivity contribution >= 4 is 22.9 Å². The van der Waals surface area contributed by atoms with Gasteiger partial charge in [-0.2, -0.15) is 0 Å². The maximum absolute atomic E-state index is 13.1. The van der Waals surface area contributed by atoms with Crippen LogP contribution in [0.5, 0.6) is 11.5 Å². The maximum atomic E-state index is 13.1. The van der Waals surface area contributed by atoms with E-state index in [2.05, 4.69) is 22.3 Å². The Morgan fingerprint density at radius 3 is 2.65 bits per heavy atom. The van der Waals surface area contributed by atoms with Crippen LogP contribution in [0.2, 0.25) is 5.02 Å². The van der Waals surface area contributed by atoms with Gasteiger partial charge < -0.3 is 24.1 Å². The van der Waals surface area contributed by atoms with Crippen LogP contribution in [0.4, 0.5) is 10.1 Å². The second-order valence-electron chi connectivity index (χ2n) is 8.40. The molecule has 1 saturated heterocycles. The van der Waals surface area contributed by atoms with E-state index in [9.17, 15) is 4.39 Å². The van der Waals surface area contributed by atoms with Crippen molar-refractivity contribution in [3.05, 3.63) is 77.3 Å². The molecule has 0 spiro atoms. The molecule has 3 heterocycles. The lowest BCUT2D eigenvalue weighted by molar-refractivity contribution is 0.395. The zero-order valence-electron chi connectivity index (χ0n) is 19.1. The normalized spacial score (nSPS) is 15.8. The van der Waals surface area contributed by atoms with E-state index < -0.39 is 0 Å². The van der Waals surface area contributed by atoms with Gasteiger partial charge in [0.2, 0.25) is 0 Å². The van der Waals surface area contributed by atoms with E-state index in [1.54, 1.807) is 20.3 Å². The fourth-order valence-corrected chi connectivity index (χ4v) is 4.62. The summed E-state index contributed by atoms with van der Waals surface area (Å²) in [5.41, 5.74) is 4.66. The van der Waals surface area contributed by atoms with Crippen molar-refractivity contribution in [3.63, 3.8) is 0 Å². The molecule has 176 valence electrons. The van der Waals surface area contributed by atoms with Gasteiger partial charge in [0.1, 0.15) is 23.0 Å². The van der Waals surface area contributed by atoms with Crippen LogP contribution >= 0.6 is 11.6 Å². The van der Waals surface area contributed by atoms with Gasteiger partial charge in [0, 0.05) is 61.5 Å². The summed E-state index contributed by atoms with van der Waals surface area (Å²) in [5, 5.41) is 4.09. The first kappa shape index (κ1) is 22.5. The van der Waals surface area contributed by atoms with E-state index >= 15 is 0 Å². The quantitative estimate of drug-likeness (QED) is 0.395. The van der Waals surface area contributed by atoms with Gasteiger partial charge in [-0.1, -0.05) is 23.7 Å². The number of methoxy groups -OCH3 is 2. The number of aromatic nitrogens is 2. The van der Waals surface area contributed by atoms with Gasteiger partial charge in [0.05, 0.1) is 24.9 Å². The number of anilines is 1. The number of halogens is 2. The lowest BCUT2D eigenvalue weighted by Crippen LogP contribution is -2.32. The van der Waals surface area contributed by atoms with Gasteiger partial charge in [-0.25, -0.2) is 9.37 Å². The second-order valence-corrected chi connectivity index (χ2v) is 8.81. The van der Waals surface area contributed by atoms with E-state index in [0.29, 0.717) is 22.6 Å². The second kappa shape index (κ2) is 9.52. The molecule has 0 bridgehead atoms. The molecule has 1 aliphatic heterocycles. The average molecular weight is 481 g/mol. The molecule has 34 heavy (non-hydrogen) atoms. The van der Waals surface area contributed by atoms with Crippen molar-refractivity contribution in [2.75, 3.05) is 32.2 Å². The maximum Gasteiger partial charge on any atom is 0.141 e. The number of hydrogen-bond donors (Lipinski definition) is 1. The van der Waals surface area contributed by atoms with E-state index in [-0.39, 0.29) is 5.82 Å². The van der Waals surface area contributed by atoms with E-state index in [1.165, 1.54) is 12.1 Å². The highest BCUT2D eigenvalue weighted by Gasteiger charge is 2.23. The largest absolute Gasteiger partial charge is 0.496 e. The highest BCUT2D eigenvalue weighted by atomic mass is 35.5. The van der Waals surface area contributed by atoms with Gasteiger partial charge in [0.25, 0.3) is 0 Å². The molecule has 2 aromatic carbocycles. The predicted molar refractivity (Wildman–Crippen MR) is 133 cm³/mol. The molecule has 0 saturated carbocycles. The van der Waals surface area contributed by atoms with Gasteiger partial charge >= 0.3 is 0 Å². The van der Waals surface area contributed by atoms with Crippen LogP contribution in [0.15, 0.2) is 60.9 Å². The molecular weight excluding hydrogens is 455 g/mol. The van der Waals surface area contributed by atoms with E-state index in [0.717, 1.165) is 54.2 Å². The van der Waals surface area contributed by atoms with Crippen molar-refractivity contribution in [1.29, 1.82) is 0 Å². The molecule has 1 fully saturated rings. The van der Waals surface area contributed by atoms with Crippen molar-refractivity contribution < 1.29 is 13.9 Å². The Morgan fingerprint density at radius 1 is 1.09 bits per heavy atom. The molecular formula is C26H26ClFN4O2. The van der Waals surface area contributed by atoms with Gasteiger partial charge in [-0.15, -0.1) is 0 Å². The Labute approximate surface area is 202 Å². The van der Waals surface area contributed by atoms with Gasteiger partial charge in [-0.3, -0.25) is 0 Å². The molecule has 6 nitrogen and oxygen atoms in total. The first-order chi connectivity index (χ1) is 16.5. The summed E-state index contributed by atoms with van der Waals surface area (Å²) in [6, 6.07) is 14.8.